The number of fused-ring (bicyclic) bond motifs is 1. The molecule has 1 N–H and O–H groups in total. The molecular weight excluding hydrogens is 491 g/mol. The molecule has 0 saturated heterocycles. The summed E-state index contributed by atoms with van der Waals surface area (Å²) in [4.78, 5) is -0.432. The molecule has 34 heavy (non-hydrogen) atoms. The molecule has 0 saturated carbocycles. The van der Waals surface area contributed by atoms with Crippen molar-refractivity contribution in [3.63, 3.8) is 0 Å². The lowest BCUT2D eigenvalue weighted by atomic mass is 10.0. The number of alkyl halides is 3. The van der Waals surface area contributed by atoms with E-state index in [0.29, 0.717) is 29.0 Å². The second-order valence-corrected chi connectivity index (χ2v) is 9.67. The normalized spacial score (nSPS) is 13.4. The summed E-state index contributed by atoms with van der Waals surface area (Å²) in [6.45, 7) is 2.31. The molecule has 1 heterocycles. The van der Waals surface area contributed by atoms with E-state index in [0.717, 1.165) is 34.5 Å². The monoisotopic (exact) mass is 513 g/mol. The molecule has 1 aliphatic rings. The van der Waals surface area contributed by atoms with Crippen LogP contribution in [-0.4, -0.2) is 33.3 Å². The molecule has 0 aromatic heterocycles. The van der Waals surface area contributed by atoms with E-state index in [2.05, 4.69) is 0 Å². The van der Waals surface area contributed by atoms with Gasteiger partial charge in [-0.3, -0.25) is 4.31 Å². The fourth-order valence-corrected chi connectivity index (χ4v) is 4.94. The molecule has 0 aliphatic carbocycles. The third kappa shape index (κ3) is 5.84. The summed E-state index contributed by atoms with van der Waals surface area (Å²) >= 11 is 6.05. The largest absolute Gasteiger partial charge is 0.489 e. The van der Waals surface area contributed by atoms with Crippen molar-refractivity contribution in [2.45, 2.75) is 24.4 Å². The minimum atomic E-state index is -4.64. The fraction of sp³-hybridized carbons (Fsp3) is 0.250. The molecule has 3 aromatic carbocycles. The topological polar surface area (TPSA) is 66.8 Å². The van der Waals surface area contributed by atoms with Gasteiger partial charge in [0.25, 0.3) is 10.0 Å². The van der Waals surface area contributed by atoms with Crippen LogP contribution >= 0.6 is 11.6 Å². The molecule has 0 bridgehead atoms. The maximum absolute atomic E-state index is 13.2. The first-order chi connectivity index (χ1) is 16.1. The van der Waals surface area contributed by atoms with Gasteiger partial charge in [0.2, 0.25) is 0 Å². The van der Waals surface area contributed by atoms with Gasteiger partial charge in [0.15, 0.2) is 0 Å². The number of rotatable bonds is 4. The summed E-state index contributed by atoms with van der Waals surface area (Å²) in [6.07, 6.45) is -3.77. The van der Waals surface area contributed by atoms with Crippen LogP contribution in [0.1, 0.15) is 18.9 Å². The highest BCUT2D eigenvalue weighted by atomic mass is 35.5. The van der Waals surface area contributed by atoms with Crippen LogP contribution in [-0.2, 0) is 16.2 Å². The van der Waals surface area contributed by atoms with Gasteiger partial charge in [-0.1, -0.05) is 42.8 Å². The minimum Gasteiger partial charge on any atom is -0.489 e. The number of sulfonamides is 1. The average molecular weight is 514 g/mol. The van der Waals surface area contributed by atoms with E-state index in [1.165, 1.54) is 0 Å². The van der Waals surface area contributed by atoms with Crippen molar-refractivity contribution in [2.75, 3.05) is 24.1 Å². The van der Waals surface area contributed by atoms with E-state index in [1.54, 1.807) is 36.4 Å². The van der Waals surface area contributed by atoms with Crippen LogP contribution in [0.15, 0.2) is 71.6 Å². The molecule has 0 spiro atoms. The fourth-order valence-electron chi connectivity index (χ4n) is 3.25. The van der Waals surface area contributed by atoms with Crippen molar-refractivity contribution < 1.29 is 31.4 Å². The van der Waals surface area contributed by atoms with Gasteiger partial charge in [-0.05, 0) is 60.0 Å². The summed E-state index contributed by atoms with van der Waals surface area (Å²) < 4.78 is 72.3. The number of ether oxygens (including phenoxy) is 1. The number of halogens is 4. The van der Waals surface area contributed by atoms with Crippen molar-refractivity contribution in [1.29, 1.82) is 0 Å². The zero-order valence-corrected chi connectivity index (χ0v) is 19.8. The Balaban J connectivity index is 0.000000751. The molecule has 0 unspecified atom stereocenters. The zero-order valence-electron chi connectivity index (χ0n) is 18.2. The lowest BCUT2D eigenvalue weighted by molar-refractivity contribution is -0.137. The number of aliphatic hydroxyl groups excluding tert-OH is 1. The maximum atomic E-state index is 13.2. The van der Waals surface area contributed by atoms with Gasteiger partial charge < -0.3 is 9.84 Å². The van der Waals surface area contributed by atoms with E-state index < -0.39 is 26.7 Å². The first kappa shape index (κ1) is 25.9. The molecule has 4 rings (SSSR count). The van der Waals surface area contributed by atoms with Crippen LogP contribution in [0.4, 0.5) is 18.9 Å². The standard InChI is InChI=1S/C21H15ClF3NO3S.C3H8O/c22-17-5-1-3-14(11-17)15-7-8-20-19(12-15)26(9-10-29-20)30(27,28)18-6-2-4-16(13-18)21(23,24)25;1-2-3-4/h1-8,11-13H,9-10H2;4H,2-3H2,1H3. The van der Waals surface area contributed by atoms with Crippen molar-refractivity contribution in [3.05, 3.63) is 77.3 Å². The highest BCUT2D eigenvalue weighted by Crippen LogP contribution is 2.39. The summed E-state index contributed by atoms with van der Waals surface area (Å²) in [7, 11) is -4.24. The number of hydrogen-bond acceptors (Lipinski definition) is 4. The SMILES string of the molecule is CCCO.O=S(=O)(c1cccc(C(F)(F)F)c1)N1CCOc2ccc(-c3cccc(Cl)c3)cc21. The van der Waals surface area contributed by atoms with Gasteiger partial charge in [0.1, 0.15) is 12.4 Å². The minimum absolute atomic E-state index is 0.0232. The molecule has 10 heteroatoms. The van der Waals surface area contributed by atoms with Crippen LogP contribution in [0, 0.1) is 0 Å². The smallest absolute Gasteiger partial charge is 0.416 e. The van der Waals surface area contributed by atoms with Crippen LogP contribution in [0.2, 0.25) is 5.02 Å². The lowest BCUT2D eigenvalue weighted by Gasteiger charge is -2.31. The summed E-state index contributed by atoms with van der Waals surface area (Å²) in [5.41, 5.74) is 0.708. The number of hydrogen-bond donors (Lipinski definition) is 1. The van der Waals surface area contributed by atoms with Crippen LogP contribution in [0.25, 0.3) is 11.1 Å². The zero-order chi connectivity index (χ0) is 24.9. The second kappa shape index (κ2) is 10.7. The van der Waals surface area contributed by atoms with Gasteiger partial charge in [-0.25, -0.2) is 8.42 Å². The molecule has 5 nitrogen and oxygen atoms in total. The van der Waals surface area contributed by atoms with E-state index >= 15 is 0 Å². The van der Waals surface area contributed by atoms with Gasteiger partial charge >= 0.3 is 6.18 Å². The molecule has 0 fully saturated rings. The van der Waals surface area contributed by atoms with Gasteiger partial charge in [0.05, 0.1) is 22.7 Å². The predicted octanol–water partition coefficient (Wildman–Crippen LogP) is 6.00. The van der Waals surface area contributed by atoms with Crippen molar-refractivity contribution in [3.8, 4) is 16.9 Å². The molecule has 182 valence electrons. The molecule has 0 amide bonds. The Bertz CT molecular complexity index is 1250. The first-order valence-electron chi connectivity index (χ1n) is 10.4. The summed E-state index contributed by atoms with van der Waals surface area (Å²) in [6, 6.07) is 15.8. The number of aliphatic hydroxyl groups is 1. The van der Waals surface area contributed by atoms with E-state index in [-0.39, 0.29) is 18.8 Å². The molecule has 0 atom stereocenters. The maximum Gasteiger partial charge on any atom is 0.416 e. The van der Waals surface area contributed by atoms with Crippen LogP contribution in [0.5, 0.6) is 5.75 Å². The van der Waals surface area contributed by atoms with Crippen LogP contribution in [0.3, 0.4) is 0 Å². The van der Waals surface area contributed by atoms with E-state index in [9.17, 15) is 21.6 Å². The summed E-state index contributed by atoms with van der Waals surface area (Å²) in [5, 5.41) is 8.40. The highest BCUT2D eigenvalue weighted by molar-refractivity contribution is 7.92. The number of anilines is 1. The number of benzene rings is 3. The molecule has 0 radical (unpaired) electrons. The third-order valence-electron chi connectivity index (χ3n) is 4.91. The van der Waals surface area contributed by atoms with Crippen LogP contribution < -0.4 is 9.04 Å². The Hall–Kier alpha value is -2.75. The Labute approximate surface area is 201 Å². The average Bonchev–Trinajstić information content (AvgIpc) is 2.83. The first-order valence-corrected chi connectivity index (χ1v) is 12.2. The third-order valence-corrected chi connectivity index (χ3v) is 6.95. The quantitative estimate of drug-likeness (QED) is 0.464. The lowest BCUT2D eigenvalue weighted by Crippen LogP contribution is -2.38. The van der Waals surface area contributed by atoms with Gasteiger partial charge in [-0.2, -0.15) is 13.2 Å². The Morgan fingerprint density at radius 1 is 1.03 bits per heavy atom. The van der Waals surface area contributed by atoms with Gasteiger partial charge in [-0.15, -0.1) is 0 Å². The molecular formula is C24H23ClF3NO4S. The highest BCUT2D eigenvalue weighted by Gasteiger charge is 2.34. The summed E-state index contributed by atoms with van der Waals surface area (Å²) in [5.74, 6) is 0.336. The van der Waals surface area contributed by atoms with E-state index in [1.807, 2.05) is 13.0 Å². The van der Waals surface area contributed by atoms with E-state index in [4.69, 9.17) is 21.4 Å². The van der Waals surface area contributed by atoms with Crippen molar-refractivity contribution in [1.82, 2.24) is 0 Å². The predicted molar refractivity (Wildman–Crippen MR) is 126 cm³/mol. The number of nitrogens with zero attached hydrogens (tertiary/aromatic N) is 1. The molecule has 1 aliphatic heterocycles. The molecule has 3 aromatic rings. The van der Waals surface area contributed by atoms with Crippen molar-refractivity contribution >= 4 is 27.3 Å². The Kier molecular flexibility index (Phi) is 8.12. The Morgan fingerprint density at radius 3 is 2.35 bits per heavy atom. The van der Waals surface area contributed by atoms with Gasteiger partial charge in [0, 0.05) is 11.6 Å². The second-order valence-electron chi connectivity index (χ2n) is 7.37. The Morgan fingerprint density at radius 2 is 1.71 bits per heavy atom. The van der Waals surface area contributed by atoms with Crippen molar-refractivity contribution in [2.24, 2.45) is 0 Å².